The molecule has 1 aromatic carbocycles. The number of guanidine groups is 1. The molecular weight excluding hydrogens is 459 g/mol. The summed E-state index contributed by atoms with van der Waals surface area (Å²) in [6.45, 7) is 12.6. The lowest BCUT2D eigenvalue weighted by molar-refractivity contribution is 0.0955. The Balaban J connectivity index is 0.00000338. The summed E-state index contributed by atoms with van der Waals surface area (Å²) in [4.78, 5) is 19.1. The Morgan fingerprint density at radius 3 is 2.65 bits per heavy atom. The summed E-state index contributed by atoms with van der Waals surface area (Å²) in [5.74, 6) is 2.04. The van der Waals surface area contributed by atoms with Crippen molar-refractivity contribution in [3.05, 3.63) is 35.4 Å². The standard InChI is InChI=1S/C19H30N4OS.HI/c1-5-20-17(24)16-9-7-8-15(12-16)13-22-18(21-6-2)23-10-11-25-19(3,4)14-23;/h7-9,12H,5-6,10-11,13-14H2,1-4H3,(H,20,24)(H,21,22);1H. The first kappa shape index (κ1) is 23.1. The Labute approximate surface area is 178 Å². The van der Waals surface area contributed by atoms with Gasteiger partial charge in [-0.2, -0.15) is 11.8 Å². The fourth-order valence-electron chi connectivity index (χ4n) is 2.86. The van der Waals surface area contributed by atoms with Crippen LogP contribution in [0, 0.1) is 0 Å². The molecule has 2 rings (SSSR count). The zero-order valence-corrected chi connectivity index (χ0v) is 19.3. The maximum Gasteiger partial charge on any atom is 0.251 e. The summed E-state index contributed by atoms with van der Waals surface area (Å²) in [6.07, 6.45) is 0. The van der Waals surface area contributed by atoms with E-state index in [4.69, 9.17) is 4.99 Å². The molecule has 0 bridgehead atoms. The largest absolute Gasteiger partial charge is 0.357 e. The van der Waals surface area contributed by atoms with Crippen molar-refractivity contribution in [1.82, 2.24) is 15.5 Å². The monoisotopic (exact) mass is 490 g/mol. The number of halogens is 1. The van der Waals surface area contributed by atoms with E-state index in [0.717, 1.165) is 36.9 Å². The normalized spacial score (nSPS) is 16.6. The number of hydrogen-bond acceptors (Lipinski definition) is 3. The molecule has 0 spiro atoms. The lowest BCUT2D eigenvalue weighted by Crippen LogP contribution is -2.50. The van der Waals surface area contributed by atoms with Gasteiger partial charge in [-0.3, -0.25) is 4.79 Å². The number of thioether (sulfide) groups is 1. The van der Waals surface area contributed by atoms with Gasteiger partial charge in [0.15, 0.2) is 5.96 Å². The molecule has 1 aromatic rings. The van der Waals surface area contributed by atoms with Crippen LogP contribution in [0.15, 0.2) is 29.3 Å². The molecule has 0 radical (unpaired) electrons. The molecule has 0 aromatic heterocycles. The van der Waals surface area contributed by atoms with Gasteiger partial charge >= 0.3 is 0 Å². The van der Waals surface area contributed by atoms with Gasteiger partial charge in [0.25, 0.3) is 5.91 Å². The molecule has 1 fully saturated rings. The maximum atomic E-state index is 12.0. The summed E-state index contributed by atoms with van der Waals surface area (Å²) in [7, 11) is 0. The van der Waals surface area contributed by atoms with Crippen LogP contribution in [-0.2, 0) is 6.54 Å². The fourth-order valence-corrected chi connectivity index (χ4v) is 3.97. The summed E-state index contributed by atoms with van der Waals surface area (Å²) in [5.41, 5.74) is 1.74. The van der Waals surface area contributed by atoms with Crippen molar-refractivity contribution in [3.63, 3.8) is 0 Å². The van der Waals surface area contributed by atoms with E-state index >= 15 is 0 Å². The predicted molar refractivity (Wildman–Crippen MR) is 123 cm³/mol. The minimum Gasteiger partial charge on any atom is -0.357 e. The van der Waals surface area contributed by atoms with Crippen molar-refractivity contribution in [1.29, 1.82) is 0 Å². The van der Waals surface area contributed by atoms with Crippen molar-refractivity contribution >= 4 is 47.6 Å². The van der Waals surface area contributed by atoms with E-state index in [0.29, 0.717) is 18.7 Å². The van der Waals surface area contributed by atoms with Gasteiger partial charge in [-0.15, -0.1) is 24.0 Å². The number of amides is 1. The summed E-state index contributed by atoms with van der Waals surface area (Å²) >= 11 is 2.01. The zero-order valence-electron chi connectivity index (χ0n) is 16.2. The van der Waals surface area contributed by atoms with Gasteiger partial charge in [0.05, 0.1) is 6.54 Å². The van der Waals surface area contributed by atoms with Crippen molar-refractivity contribution in [2.24, 2.45) is 4.99 Å². The van der Waals surface area contributed by atoms with Crippen molar-refractivity contribution < 1.29 is 4.79 Å². The second-order valence-corrected chi connectivity index (χ2v) is 8.56. The number of nitrogens with one attached hydrogen (secondary N) is 2. The second kappa shape index (κ2) is 11.0. The first-order valence-corrected chi connectivity index (χ1v) is 9.98. The molecule has 1 aliphatic rings. The highest BCUT2D eigenvalue weighted by Gasteiger charge is 2.28. The van der Waals surface area contributed by atoms with E-state index in [2.05, 4.69) is 36.3 Å². The molecule has 2 N–H and O–H groups in total. The number of hydrogen-bond donors (Lipinski definition) is 2. The van der Waals surface area contributed by atoms with E-state index in [1.165, 1.54) is 0 Å². The average molecular weight is 490 g/mol. The molecule has 146 valence electrons. The Bertz CT molecular complexity index is 621. The molecule has 5 nitrogen and oxygen atoms in total. The van der Waals surface area contributed by atoms with Gasteiger partial charge in [-0.1, -0.05) is 12.1 Å². The van der Waals surface area contributed by atoms with Gasteiger partial charge in [0, 0.05) is 42.2 Å². The topological polar surface area (TPSA) is 56.7 Å². The first-order valence-electron chi connectivity index (χ1n) is 8.99. The summed E-state index contributed by atoms with van der Waals surface area (Å²) < 4.78 is 0.243. The maximum absolute atomic E-state index is 12.0. The molecule has 0 unspecified atom stereocenters. The zero-order chi connectivity index (χ0) is 18.3. The van der Waals surface area contributed by atoms with Crippen LogP contribution in [0.25, 0.3) is 0 Å². The van der Waals surface area contributed by atoms with Crippen LogP contribution in [0.1, 0.15) is 43.6 Å². The van der Waals surface area contributed by atoms with Crippen LogP contribution in [0.5, 0.6) is 0 Å². The predicted octanol–water partition coefficient (Wildman–Crippen LogP) is 3.35. The van der Waals surface area contributed by atoms with Crippen molar-refractivity contribution in [2.75, 3.05) is 31.9 Å². The minimum atomic E-state index is -0.0324. The molecule has 0 atom stereocenters. The highest BCUT2D eigenvalue weighted by molar-refractivity contribution is 14.0. The second-order valence-electron chi connectivity index (χ2n) is 6.76. The van der Waals surface area contributed by atoms with Crippen LogP contribution in [0.4, 0.5) is 0 Å². The molecule has 7 heteroatoms. The quantitative estimate of drug-likeness (QED) is 0.378. The third-order valence-corrected chi connectivity index (χ3v) is 5.30. The Morgan fingerprint density at radius 2 is 2.00 bits per heavy atom. The smallest absolute Gasteiger partial charge is 0.251 e. The van der Waals surface area contributed by atoms with Gasteiger partial charge < -0.3 is 15.5 Å². The van der Waals surface area contributed by atoms with Crippen molar-refractivity contribution in [3.8, 4) is 0 Å². The highest BCUT2D eigenvalue weighted by atomic mass is 127. The van der Waals surface area contributed by atoms with E-state index in [1.807, 2.05) is 43.0 Å². The number of aliphatic imine (C=N–C) groups is 1. The van der Waals surface area contributed by atoms with Crippen molar-refractivity contribution in [2.45, 2.75) is 39.0 Å². The fraction of sp³-hybridized carbons (Fsp3) is 0.579. The van der Waals surface area contributed by atoms with E-state index in [1.54, 1.807) is 0 Å². The molecule has 26 heavy (non-hydrogen) atoms. The first-order chi connectivity index (χ1) is 11.9. The average Bonchev–Trinajstić information content (AvgIpc) is 2.58. The van der Waals surface area contributed by atoms with Gasteiger partial charge in [0.1, 0.15) is 0 Å². The van der Waals surface area contributed by atoms with E-state index < -0.39 is 0 Å². The number of benzene rings is 1. The van der Waals surface area contributed by atoms with Crippen LogP contribution < -0.4 is 10.6 Å². The number of nitrogens with zero attached hydrogens (tertiary/aromatic N) is 2. The molecule has 0 saturated carbocycles. The van der Waals surface area contributed by atoms with E-state index in [9.17, 15) is 4.79 Å². The Hall–Kier alpha value is -0.960. The lowest BCUT2D eigenvalue weighted by Gasteiger charge is -2.39. The third-order valence-electron chi connectivity index (χ3n) is 4.00. The Kier molecular flexibility index (Phi) is 9.78. The third kappa shape index (κ3) is 6.98. The highest BCUT2D eigenvalue weighted by Crippen LogP contribution is 2.29. The number of carbonyl (C=O) groups excluding carboxylic acids is 1. The summed E-state index contributed by atoms with van der Waals surface area (Å²) in [5, 5.41) is 6.24. The van der Waals surface area contributed by atoms with E-state index in [-0.39, 0.29) is 34.6 Å². The Morgan fingerprint density at radius 1 is 1.27 bits per heavy atom. The van der Waals surface area contributed by atoms with Crippen LogP contribution in [0.3, 0.4) is 0 Å². The minimum absolute atomic E-state index is 0. The van der Waals surface area contributed by atoms with Gasteiger partial charge in [-0.05, 0) is 45.4 Å². The summed E-state index contributed by atoms with van der Waals surface area (Å²) in [6, 6.07) is 7.70. The lowest BCUT2D eigenvalue weighted by atomic mass is 10.1. The SMILES string of the molecule is CCNC(=O)c1cccc(CN=C(NCC)N2CCSC(C)(C)C2)c1.I. The van der Waals surface area contributed by atoms with Gasteiger partial charge in [-0.25, -0.2) is 4.99 Å². The molecule has 1 aliphatic heterocycles. The molecule has 1 amide bonds. The van der Waals surface area contributed by atoms with Gasteiger partial charge in [0.2, 0.25) is 0 Å². The molecule has 0 aliphatic carbocycles. The number of carbonyl (C=O) groups is 1. The van der Waals surface area contributed by atoms with Crippen LogP contribution in [0.2, 0.25) is 0 Å². The molecule has 1 saturated heterocycles. The van der Waals surface area contributed by atoms with Crippen LogP contribution in [-0.4, -0.2) is 53.4 Å². The molecule has 1 heterocycles. The molecular formula is C19H31IN4OS. The number of rotatable bonds is 5. The van der Waals surface area contributed by atoms with Crippen LogP contribution >= 0.6 is 35.7 Å².